The number of carbonyl (C=O) groups is 1. The van der Waals surface area contributed by atoms with E-state index in [-0.39, 0.29) is 17.5 Å². The molecule has 0 aliphatic heterocycles. The summed E-state index contributed by atoms with van der Waals surface area (Å²) in [6.45, 7) is 1.48. The normalized spacial score (nSPS) is 12.8. The van der Waals surface area contributed by atoms with Crippen molar-refractivity contribution < 1.29 is 17.6 Å². The third-order valence-corrected chi connectivity index (χ3v) is 5.93. The molecule has 2 aromatic rings. The summed E-state index contributed by atoms with van der Waals surface area (Å²) in [7, 11) is -2.55. The number of nitrogens with zero attached hydrogens (tertiary/aromatic N) is 1. The summed E-state index contributed by atoms with van der Waals surface area (Å²) in [5.74, 6) is -0.956. The Kier molecular flexibility index (Phi) is 6.31. The maximum atomic E-state index is 12.9. The molecule has 0 aromatic heterocycles. The molecule has 1 amide bonds. The van der Waals surface area contributed by atoms with Gasteiger partial charge in [0.15, 0.2) is 0 Å². The Bertz CT molecular complexity index is 856. The minimum absolute atomic E-state index is 0.0655. The highest BCUT2D eigenvalue weighted by atomic mass is 79.9. The molecule has 0 radical (unpaired) electrons. The summed E-state index contributed by atoms with van der Waals surface area (Å²) >= 11 is 3.37. The maximum absolute atomic E-state index is 12.9. The van der Waals surface area contributed by atoms with Gasteiger partial charge in [-0.05, 0) is 48.9 Å². The zero-order valence-electron chi connectivity index (χ0n) is 13.7. The van der Waals surface area contributed by atoms with Gasteiger partial charge in [0.25, 0.3) is 0 Å². The number of hydrogen-bond donors (Lipinski definition) is 1. The number of carbonyl (C=O) groups excluding carboxylic acids is 1. The third-order valence-electron chi connectivity index (χ3n) is 3.61. The van der Waals surface area contributed by atoms with Gasteiger partial charge in [0.1, 0.15) is 5.82 Å². The standard InChI is InChI=1S/C17H18BrFN2O3S/c1-12(13-4-3-5-14(18)10-13)20-17(22)11-21(2)25(23,24)16-8-6-15(19)7-9-16/h3-10,12H,11H2,1-2H3,(H,20,22)/t12-/m0/s1. The van der Waals surface area contributed by atoms with Crippen LogP contribution in [-0.4, -0.2) is 32.2 Å². The second-order valence-electron chi connectivity index (χ2n) is 5.56. The van der Waals surface area contributed by atoms with Crippen molar-refractivity contribution in [2.75, 3.05) is 13.6 Å². The van der Waals surface area contributed by atoms with Gasteiger partial charge in [-0.3, -0.25) is 4.79 Å². The van der Waals surface area contributed by atoms with E-state index in [1.807, 2.05) is 31.2 Å². The molecule has 0 fully saturated rings. The average Bonchev–Trinajstić information content (AvgIpc) is 2.55. The maximum Gasteiger partial charge on any atom is 0.243 e. The SMILES string of the molecule is C[C@H](NC(=O)CN(C)S(=O)(=O)c1ccc(F)cc1)c1cccc(Br)c1. The quantitative estimate of drug-likeness (QED) is 0.768. The summed E-state index contributed by atoms with van der Waals surface area (Å²) in [4.78, 5) is 12.1. The minimum atomic E-state index is -3.86. The first kappa shape index (κ1) is 19.6. The van der Waals surface area contributed by atoms with E-state index >= 15 is 0 Å². The molecule has 25 heavy (non-hydrogen) atoms. The summed E-state index contributed by atoms with van der Waals surface area (Å²) in [5, 5.41) is 2.76. The van der Waals surface area contributed by atoms with E-state index in [4.69, 9.17) is 0 Å². The van der Waals surface area contributed by atoms with Crippen LogP contribution < -0.4 is 5.32 Å². The van der Waals surface area contributed by atoms with Gasteiger partial charge in [0.2, 0.25) is 15.9 Å². The fraction of sp³-hybridized carbons (Fsp3) is 0.235. The van der Waals surface area contributed by atoms with E-state index in [0.717, 1.165) is 26.5 Å². The predicted octanol–water partition coefficient (Wildman–Crippen LogP) is 3.09. The molecule has 0 saturated heterocycles. The fourth-order valence-corrected chi connectivity index (χ4v) is 3.76. The third kappa shape index (κ3) is 5.10. The van der Waals surface area contributed by atoms with Crippen LogP contribution in [0.2, 0.25) is 0 Å². The van der Waals surface area contributed by atoms with Crippen LogP contribution in [0.5, 0.6) is 0 Å². The van der Waals surface area contributed by atoms with Crippen molar-refractivity contribution in [3.05, 3.63) is 64.4 Å². The second-order valence-corrected chi connectivity index (χ2v) is 8.52. The first-order valence-corrected chi connectivity index (χ1v) is 9.70. The van der Waals surface area contributed by atoms with E-state index in [1.54, 1.807) is 0 Å². The number of benzene rings is 2. The van der Waals surface area contributed by atoms with Crippen molar-refractivity contribution in [3.8, 4) is 0 Å². The van der Waals surface area contributed by atoms with Crippen LogP contribution in [0.1, 0.15) is 18.5 Å². The van der Waals surface area contributed by atoms with Gasteiger partial charge in [-0.15, -0.1) is 0 Å². The van der Waals surface area contributed by atoms with Crippen LogP contribution in [-0.2, 0) is 14.8 Å². The van der Waals surface area contributed by atoms with Crippen LogP contribution in [0.15, 0.2) is 57.9 Å². The summed E-state index contributed by atoms with van der Waals surface area (Å²) in [6.07, 6.45) is 0. The van der Waals surface area contributed by atoms with E-state index in [2.05, 4.69) is 21.2 Å². The molecule has 1 atom stereocenters. The average molecular weight is 429 g/mol. The van der Waals surface area contributed by atoms with E-state index in [1.165, 1.54) is 19.2 Å². The van der Waals surface area contributed by atoms with Crippen molar-refractivity contribution in [1.82, 2.24) is 9.62 Å². The number of halogens is 2. The second kappa shape index (κ2) is 8.07. The van der Waals surface area contributed by atoms with Gasteiger partial charge < -0.3 is 5.32 Å². The van der Waals surface area contributed by atoms with Crippen LogP contribution in [0.3, 0.4) is 0 Å². The summed E-state index contributed by atoms with van der Waals surface area (Å²) in [5.41, 5.74) is 0.895. The molecule has 0 spiro atoms. The van der Waals surface area contributed by atoms with Crippen LogP contribution in [0.4, 0.5) is 4.39 Å². The molecule has 134 valence electrons. The largest absolute Gasteiger partial charge is 0.348 e. The zero-order chi connectivity index (χ0) is 18.6. The number of likely N-dealkylation sites (N-methyl/N-ethyl adjacent to an activating group) is 1. The zero-order valence-corrected chi connectivity index (χ0v) is 16.1. The summed E-state index contributed by atoms with van der Waals surface area (Å²) in [6, 6.07) is 11.7. The first-order valence-electron chi connectivity index (χ1n) is 7.47. The predicted molar refractivity (Wildman–Crippen MR) is 96.9 cm³/mol. The van der Waals surface area contributed by atoms with Crippen LogP contribution >= 0.6 is 15.9 Å². The molecule has 0 unspecified atom stereocenters. The molecule has 2 aromatic carbocycles. The van der Waals surface area contributed by atoms with Gasteiger partial charge in [-0.1, -0.05) is 28.1 Å². The Morgan fingerprint density at radius 1 is 1.24 bits per heavy atom. The van der Waals surface area contributed by atoms with Gasteiger partial charge >= 0.3 is 0 Å². The number of hydrogen-bond acceptors (Lipinski definition) is 3. The Hall–Kier alpha value is -1.77. The van der Waals surface area contributed by atoms with Crippen LogP contribution in [0, 0.1) is 5.82 Å². The van der Waals surface area contributed by atoms with Gasteiger partial charge in [-0.2, -0.15) is 4.31 Å². The van der Waals surface area contributed by atoms with Crippen molar-refractivity contribution in [3.63, 3.8) is 0 Å². The van der Waals surface area contributed by atoms with Crippen molar-refractivity contribution in [2.24, 2.45) is 0 Å². The van der Waals surface area contributed by atoms with Gasteiger partial charge in [-0.25, -0.2) is 12.8 Å². The monoisotopic (exact) mass is 428 g/mol. The molecule has 1 N–H and O–H groups in total. The lowest BCUT2D eigenvalue weighted by Gasteiger charge is -2.19. The topological polar surface area (TPSA) is 66.5 Å². The number of nitrogens with one attached hydrogen (secondary N) is 1. The Morgan fingerprint density at radius 3 is 2.48 bits per heavy atom. The number of sulfonamides is 1. The van der Waals surface area contributed by atoms with Crippen LogP contribution in [0.25, 0.3) is 0 Å². The molecule has 0 aliphatic carbocycles. The molecule has 0 saturated carbocycles. The molecule has 8 heteroatoms. The highest BCUT2D eigenvalue weighted by molar-refractivity contribution is 9.10. The molecular weight excluding hydrogens is 411 g/mol. The van der Waals surface area contributed by atoms with Gasteiger partial charge in [0.05, 0.1) is 17.5 Å². The highest BCUT2D eigenvalue weighted by Crippen LogP contribution is 2.18. The van der Waals surface area contributed by atoms with Crippen molar-refractivity contribution in [2.45, 2.75) is 17.9 Å². The smallest absolute Gasteiger partial charge is 0.243 e. The number of rotatable bonds is 6. The van der Waals surface area contributed by atoms with Crippen molar-refractivity contribution >= 4 is 31.9 Å². The molecule has 2 rings (SSSR count). The summed E-state index contributed by atoms with van der Waals surface area (Å²) < 4.78 is 39.6. The fourth-order valence-electron chi connectivity index (χ4n) is 2.22. The van der Waals surface area contributed by atoms with Crippen molar-refractivity contribution in [1.29, 1.82) is 0 Å². The lowest BCUT2D eigenvalue weighted by Crippen LogP contribution is -2.39. The highest BCUT2D eigenvalue weighted by Gasteiger charge is 2.23. The molecule has 0 heterocycles. The Balaban J connectivity index is 2.03. The Labute approximate surface area is 155 Å². The lowest BCUT2D eigenvalue weighted by molar-refractivity contribution is -0.121. The van der Waals surface area contributed by atoms with E-state index < -0.39 is 21.7 Å². The molecule has 0 bridgehead atoms. The molecular formula is C17H18BrFN2O3S. The molecule has 5 nitrogen and oxygen atoms in total. The lowest BCUT2D eigenvalue weighted by atomic mass is 10.1. The Morgan fingerprint density at radius 2 is 1.88 bits per heavy atom. The van der Waals surface area contributed by atoms with E-state index in [9.17, 15) is 17.6 Å². The first-order chi connectivity index (χ1) is 11.7. The molecule has 0 aliphatic rings. The minimum Gasteiger partial charge on any atom is -0.348 e. The number of amides is 1. The van der Waals surface area contributed by atoms with Gasteiger partial charge in [0, 0.05) is 11.5 Å². The van der Waals surface area contributed by atoms with E-state index in [0.29, 0.717) is 0 Å².